The maximum atomic E-state index is 13.3. The van der Waals surface area contributed by atoms with Gasteiger partial charge in [-0.15, -0.1) is 23.7 Å². The summed E-state index contributed by atoms with van der Waals surface area (Å²) in [7, 11) is 0. The van der Waals surface area contributed by atoms with E-state index in [4.69, 9.17) is 11.6 Å². The minimum Gasteiger partial charge on any atom is -0.347 e. The molecule has 1 aromatic carbocycles. The highest BCUT2D eigenvalue weighted by atomic mass is 35.5. The lowest BCUT2D eigenvalue weighted by atomic mass is 9.84. The van der Waals surface area contributed by atoms with E-state index in [1.54, 1.807) is 6.07 Å². The van der Waals surface area contributed by atoms with Gasteiger partial charge in [0.1, 0.15) is 10.7 Å². The predicted octanol–water partition coefficient (Wildman–Crippen LogP) is 3.94. The number of rotatable bonds is 2. The molecule has 7 heteroatoms. The number of nitrogens with one attached hydrogen (secondary N) is 1. The zero-order valence-corrected chi connectivity index (χ0v) is 14.7. The van der Waals surface area contributed by atoms with Crippen LogP contribution in [-0.4, -0.2) is 36.5 Å². The predicted molar refractivity (Wildman–Crippen MR) is 94.5 cm³/mol. The summed E-state index contributed by atoms with van der Waals surface area (Å²) in [6.07, 6.45) is 2.30. The molecular formula is C16H17Cl2FN2OS. The van der Waals surface area contributed by atoms with Gasteiger partial charge in [-0.25, -0.2) is 4.39 Å². The Kier molecular flexibility index (Phi) is 4.83. The molecule has 23 heavy (non-hydrogen) atoms. The second-order valence-corrected chi connectivity index (χ2v) is 7.53. The Morgan fingerprint density at radius 1 is 1.35 bits per heavy atom. The summed E-state index contributed by atoms with van der Waals surface area (Å²) in [4.78, 5) is 15.4. The first-order valence-electron chi connectivity index (χ1n) is 7.52. The summed E-state index contributed by atoms with van der Waals surface area (Å²) in [5.41, 5.74) is 0. The van der Waals surface area contributed by atoms with Crippen LogP contribution in [0.25, 0.3) is 10.1 Å². The molecule has 4 heterocycles. The van der Waals surface area contributed by atoms with E-state index in [1.165, 1.54) is 23.5 Å². The quantitative estimate of drug-likeness (QED) is 0.863. The molecule has 1 N–H and O–H groups in total. The highest BCUT2D eigenvalue weighted by Gasteiger charge is 2.35. The van der Waals surface area contributed by atoms with E-state index in [0.717, 1.165) is 37.9 Å². The van der Waals surface area contributed by atoms with E-state index in [2.05, 4.69) is 10.2 Å². The van der Waals surface area contributed by atoms with Crippen molar-refractivity contribution >= 4 is 51.3 Å². The molecule has 3 aliphatic rings. The van der Waals surface area contributed by atoms with E-state index in [9.17, 15) is 9.18 Å². The molecule has 1 atom stereocenters. The fraction of sp³-hybridized carbons (Fsp3) is 0.438. The van der Waals surface area contributed by atoms with E-state index in [-0.39, 0.29) is 30.2 Å². The van der Waals surface area contributed by atoms with Crippen molar-refractivity contribution in [3.05, 3.63) is 33.9 Å². The van der Waals surface area contributed by atoms with Gasteiger partial charge in [-0.3, -0.25) is 4.79 Å². The first-order valence-corrected chi connectivity index (χ1v) is 8.72. The van der Waals surface area contributed by atoms with Crippen molar-refractivity contribution in [2.24, 2.45) is 5.92 Å². The van der Waals surface area contributed by atoms with Crippen LogP contribution in [0.5, 0.6) is 0 Å². The summed E-state index contributed by atoms with van der Waals surface area (Å²) in [5, 5.41) is 4.31. The minimum atomic E-state index is -0.310. The molecule has 5 rings (SSSR count). The molecular weight excluding hydrogens is 358 g/mol. The molecule has 2 bridgehead atoms. The Morgan fingerprint density at radius 3 is 2.74 bits per heavy atom. The zero-order valence-electron chi connectivity index (χ0n) is 12.4. The number of fused-ring (bicyclic) bond motifs is 4. The van der Waals surface area contributed by atoms with E-state index in [1.807, 2.05) is 0 Å². The molecule has 1 aromatic heterocycles. The fourth-order valence-corrected chi connectivity index (χ4v) is 4.99. The first-order chi connectivity index (χ1) is 10.6. The Morgan fingerprint density at radius 2 is 2.09 bits per heavy atom. The zero-order chi connectivity index (χ0) is 15.3. The fourth-order valence-electron chi connectivity index (χ4n) is 3.55. The standard InChI is InChI=1S/C16H16ClFN2OS.ClH/c17-14-11-2-1-10(18)7-13(11)22-15(14)16(21)19-12-8-20-5-3-9(12)4-6-20;/h1-2,7,9,12H,3-6,8H2,(H,19,21);1H/t12-;/m0./s1. The first kappa shape index (κ1) is 17.0. The number of benzene rings is 1. The average molecular weight is 375 g/mol. The molecule has 3 saturated heterocycles. The molecule has 124 valence electrons. The molecule has 0 aliphatic carbocycles. The lowest BCUT2D eigenvalue weighted by Crippen LogP contribution is -2.57. The van der Waals surface area contributed by atoms with Gasteiger partial charge in [-0.05, 0) is 50.0 Å². The van der Waals surface area contributed by atoms with E-state index in [0.29, 0.717) is 20.5 Å². The summed E-state index contributed by atoms with van der Waals surface area (Å²) in [5.74, 6) is 0.125. The Bertz CT molecular complexity index is 743. The van der Waals surface area contributed by atoms with Gasteiger partial charge in [0, 0.05) is 22.7 Å². The van der Waals surface area contributed by atoms with Crippen LogP contribution in [0.2, 0.25) is 5.02 Å². The number of carbonyl (C=O) groups is 1. The SMILES string of the molecule is Cl.O=C(N[C@H]1CN2CCC1CC2)c1sc2cc(F)ccc2c1Cl. The maximum Gasteiger partial charge on any atom is 0.263 e. The van der Waals surface area contributed by atoms with Crippen LogP contribution in [0.15, 0.2) is 18.2 Å². The molecule has 3 aliphatic heterocycles. The van der Waals surface area contributed by atoms with Gasteiger partial charge in [0.2, 0.25) is 0 Å². The second kappa shape index (κ2) is 6.55. The Hall–Kier alpha value is -0.880. The van der Waals surface area contributed by atoms with Crippen LogP contribution in [0.4, 0.5) is 4.39 Å². The van der Waals surface area contributed by atoms with Crippen molar-refractivity contribution in [1.29, 1.82) is 0 Å². The molecule has 0 radical (unpaired) electrons. The highest BCUT2D eigenvalue weighted by Crippen LogP contribution is 2.36. The number of piperidine rings is 3. The smallest absolute Gasteiger partial charge is 0.263 e. The summed E-state index contributed by atoms with van der Waals surface area (Å²) in [6.45, 7) is 3.20. The number of nitrogens with zero attached hydrogens (tertiary/aromatic N) is 1. The van der Waals surface area contributed by atoms with Gasteiger partial charge in [0.15, 0.2) is 0 Å². The largest absolute Gasteiger partial charge is 0.347 e. The molecule has 0 saturated carbocycles. The van der Waals surface area contributed by atoms with Crippen LogP contribution < -0.4 is 5.32 Å². The molecule has 3 nitrogen and oxygen atoms in total. The Labute approximate surface area is 149 Å². The van der Waals surface area contributed by atoms with Gasteiger partial charge < -0.3 is 10.2 Å². The third-order valence-corrected chi connectivity index (χ3v) is 6.43. The summed E-state index contributed by atoms with van der Waals surface area (Å²) >= 11 is 7.57. The van der Waals surface area contributed by atoms with Crippen LogP contribution in [0.3, 0.4) is 0 Å². The average Bonchev–Trinajstić information content (AvgIpc) is 2.85. The van der Waals surface area contributed by atoms with Crippen LogP contribution in [-0.2, 0) is 0 Å². The summed E-state index contributed by atoms with van der Waals surface area (Å²) < 4.78 is 14.0. The van der Waals surface area contributed by atoms with Crippen molar-refractivity contribution in [1.82, 2.24) is 10.2 Å². The topological polar surface area (TPSA) is 32.3 Å². The lowest BCUT2D eigenvalue weighted by Gasteiger charge is -2.44. The molecule has 3 fully saturated rings. The normalized spacial score (nSPS) is 26.1. The number of halogens is 3. The molecule has 0 unspecified atom stereocenters. The summed E-state index contributed by atoms with van der Waals surface area (Å²) in [6, 6.07) is 4.63. The number of hydrogen-bond donors (Lipinski definition) is 1. The van der Waals surface area contributed by atoms with Gasteiger partial charge >= 0.3 is 0 Å². The van der Waals surface area contributed by atoms with Crippen molar-refractivity contribution < 1.29 is 9.18 Å². The van der Waals surface area contributed by atoms with Crippen molar-refractivity contribution in [2.45, 2.75) is 18.9 Å². The molecule has 1 amide bonds. The molecule has 2 aromatic rings. The number of thiophene rings is 1. The van der Waals surface area contributed by atoms with Crippen molar-refractivity contribution in [2.75, 3.05) is 19.6 Å². The Balaban J connectivity index is 0.00000156. The maximum absolute atomic E-state index is 13.3. The monoisotopic (exact) mass is 374 g/mol. The van der Waals surface area contributed by atoms with Gasteiger partial charge in [-0.1, -0.05) is 11.6 Å². The van der Waals surface area contributed by atoms with Crippen LogP contribution in [0.1, 0.15) is 22.5 Å². The van der Waals surface area contributed by atoms with Crippen molar-refractivity contribution in [3.63, 3.8) is 0 Å². The highest BCUT2D eigenvalue weighted by molar-refractivity contribution is 7.21. The third-order valence-electron chi connectivity index (χ3n) is 4.77. The van der Waals surface area contributed by atoms with Gasteiger partial charge in [0.25, 0.3) is 5.91 Å². The van der Waals surface area contributed by atoms with Gasteiger partial charge in [-0.2, -0.15) is 0 Å². The van der Waals surface area contributed by atoms with Gasteiger partial charge in [0.05, 0.1) is 5.02 Å². The van der Waals surface area contributed by atoms with Crippen LogP contribution >= 0.6 is 35.3 Å². The number of hydrogen-bond acceptors (Lipinski definition) is 3. The molecule has 0 spiro atoms. The van der Waals surface area contributed by atoms with Crippen molar-refractivity contribution in [3.8, 4) is 0 Å². The van der Waals surface area contributed by atoms with E-state index >= 15 is 0 Å². The van der Waals surface area contributed by atoms with Crippen LogP contribution in [0, 0.1) is 11.7 Å². The number of amides is 1. The number of carbonyl (C=O) groups excluding carboxylic acids is 1. The van der Waals surface area contributed by atoms with E-state index < -0.39 is 0 Å². The second-order valence-electron chi connectivity index (χ2n) is 6.10. The third kappa shape index (κ3) is 3.07. The minimum absolute atomic E-state index is 0. The lowest BCUT2D eigenvalue weighted by molar-refractivity contribution is 0.0623.